The van der Waals surface area contributed by atoms with Crippen LogP contribution in [0.3, 0.4) is 0 Å². The Labute approximate surface area is 114 Å². The Morgan fingerprint density at radius 1 is 1.06 bits per heavy atom. The number of aryl methyl sites for hydroxylation is 2. The maximum Gasteiger partial charge on any atom is 0.123 e. The number of halogens is 2. The normalized spacial score (nSPS) is 12.5. The van der Waals surface area contributed by atoms with Crippen LogP contribution in [0.2, 0.25) is 0 Å². The lowest BCUT2D eigenvalue weighted by molar-refractivity contribution is 0.219. The molecule has 0 radical (unpaired) electrons. The SMILES string of the molecule is Cc1cc(F)cc(C(O)c2ccc(Br)c(C)c2)c1. The van der Waals surface area contributed by atoms with Crippen molar-refractivity contribution in [2.45, 2.75) is 20.0 Å². The van der Waals surface area contributed by atoms with Crippen LogP contribution in [0.4, 0.5) is 4.39 Å². The van der Waals surface area contributed by atoms with Crippen LogP contribution in [0.5, 0.6) is 0 Å². The summed E-state index contributed by atoms with van der Waals surface area (Å²) in [4.78, 5) is 0. The summed E-state index contributed by atoms with van der Waals surface area (Å²) in [5.41, 5.74) is 3.19. The fraction of sp³-hybridized carbons (Fsp3) is 0.200. The largest absolute Gasteiger partial charge is 0.384 e. The van der Waals surface area contributed by atoms with Gasteiger partial charge in [-0.1, -0.05) is 34.1 Å². The molecule has 1 nitrogen and oxygen atoms in total. The zero-order chi connectivity index (χ0) is 13.3. The predicted molar refractivity (Wildman–Crippen MR) is 74.1 cm³/mol. The first kappa shape index (κ1) is 13.2. The molecule has 0 saturated carbocycles. The van der Waals surface area contributed by atoms with Gasteiger partial charge >= 0.3 is 0 Å². The van der Waals surface area contributed by atoms with E-state index in [2.05, 4.69) is 15.9 Å². The standard InChI is InChI=1S/C15H14BrFO/c1-9-5-12(8-13(17)6-9)15(18)11-3-4-14(16)10(2)7-11/h3-8,15,18H,1-2H3. The van der Waals surface area contributed by atoms with Gasteiger partial charge in [-0.2, -0.15) is 0 Å². The van der Waals surface area contributed by atoms with Crippen molar-refractivity contribution in [3.8, 4) is 0 Å². The molecule has 0 aromatic heterocycles. The molecule has 2 aromatic carbocycles. The zero-order valence-electron chi connectivity index (χ0n) is 10.2. The van der Waals surface area contributed by atoms with Crippen LogP contribution in [0.1, 0.15) is 28.4 Å². The number of rotatable bonds is 2. The van der Waals surface area contributed by atoms with E-state index in [1.54, 1.807) is 6.07 Å². The third kappa shape index (κ3) is 2.79. The minimum absolute atomic E-state index is 0.321. The Bertz CT molecular complexity index is 560. The molecule has 0 spiro atoms. The van der Waals surface area contributed by atoms with Gasteiger partial charge in [-0.25, -0.2) is 4.39 Å². The molecule has 0 bridgehead atoms. The van der Waals surface area contributed by atoms with Crippen LogP contribution in [0.15, 0.2) is 40.9 Å². The van der Waals surface area contributed by atoms with Gasteiger partial charge in [0.25, 0.3) is 0 Å². The Balaban J connectivity index is 2.40. The lowest BCUT2D eigenvalue weighted by Crippen LogP contribution is -2.01. The van der Waals surface area contributed by atoms with Crippen LogP contribution in [-0.2, 0) is 0 Å². The summed E-state index contributed by atoms with van der Waals surface area (Å²) < 4.78 is 14.3. The maximum absolute atomic E-state index is 13.3. The molecule has 0 aliphatic carbocycles. The van der Waals surface area contributed by atoms with E-state index in [9.17, 15) is 9.50 Å². The Morgan fingerprint density at radius 3 is 2.39 bits per heavy atom. The third-order valence-electron chi connectivity index (χ3n) is 2.88. The monoisotopic (exact) mass is 308 g/mol. The van der Waals surface area contributed by atoms with Gasteiger partial charge in [-0.3, -0.25) is 0 Å². The van der Waals surface area contributed by atoms with E-state index < -0.39 is 6.10 Å². The van der Waals surface area contributed by atoms with Crippen molar-refractivity contribution < 1.29 is 9.50 Å². The van der Waals surface area contributed by atoms with Gasteiger partial charge in [0.15, 0.2) is 0 Å². The molecule has 0 saturated heterocycles. The quantitative estimate of drug-likeness (QED) is 0.877. The highest BCUT2D eigenvalue weighted by Crippen LogP contribution is 2.26. The average molecular weight is 309 g/mol. The second-order valence-electron chi connectivity index (χ2n) is 4.47. The van der Waals surface area contributed by atoms with Crippen LogP contribution in [0.25, 0.3) is 0 Å². The Kier molecular flexibility index (Phi) is 3.83. The number of hydrogen-bond acceptors (Lipinski definition) is 1. The molecule has 1 atom stereocenters. The third-order valence-corrected chi connectivity index (χ3v) is 3.77. The highest BCUT2D eigenvalue weighted by atomic mass is 79.9. The van der Waals surface area contributed by atoms with Gasteiger partial charge in [0.05, 0.1) is 0 Å². The van der Waals surface area contributed by atoms with E-state index in [0.717, 1.165) is 21.2 Å². The van der Waals surface area contributed by atoms with Crippen molar-refractivity contribution in [1.29, 1.82) is 0 Å². The summed E-state index contributed by atoms with van der Waals surface area (Å²) >= 11 is 3.42. The molecular weight excluding hydrogens is 295 g/mol. The van der Waals surface area contributed by atoms with E-state index in [-0.39, 0.29) is 5.82 Å². The molecule has 0 aliphatic rings. The minimum Gasteiger partial charge on any atom is -0.384 e. The summed E-state index contributed by atoms with van der Waals surface area (Å²) in [6.45, 7) is 3.77. The average Bonchev–Trinajstić information content (AvgIpc) is 2.30. The molecule has 2 aromatic rings. The van der Waals surface area contributed by atoms with Crippen molar-refractivity contribution in [3.05, 3.63) is 68.9 Å². The summed E-state index contributed by atoms with van der Waals surface area (Å²) in [5, 5.41) is 10.3. The van der Waals surface area contributed by atoms with Gasteiger partial charge in [0.1, 0.15) is 11.9 Å². The van der Waals surface area contributed by atoms with Gasteiger partial charge in [0, 0.05) is 4.47 Å². The second kappa shape index (κ2) is 5.21. The molecule has 1 unspecified atom stereocenters. The van der Waals surface area contributed by atoms with E-state index in [4.69, 9.17) is 0 Å². The molecule has 0 fully saturated rings. The zero-order valence-corrected chi connectivity index (χ0v) is 11.8. The maximum atomic E-state index is 13.3. The fourth-order valence-corrected chi connectivity index (χ4v) is 2.20. The molecule has 3 heteroatoms. The van der Waals surface area contributed by atoms with Gasteiger partial charge < -0.3 is 5.11 Å². The molecule has 18 heavy (non-hydrogen) atoms. The lowest BCUT2D eigenvalue weighted by atomic mass is 9.98. The van der Waals surface area contributed by atoms with Crippen LogP contribution in [-0.4, -0.2) is 5.11 Å². The number of hydrogen-bond donors (Lipinski definition) is 1. The Hall–Kier alpha value is -1.19. The van der Waals surface area contributed by atoms with Crippen LogP contribution in [0, 0.1) is 19.7 Å². The topological polar surface area (TPSA) is 20.2 Å². The summed E-state index contributed by atoms with van der Waals surface area (Å²) in [5.74, 6) is -0.321. The highest BCUT2D eigenvalue weighted by Gasteiger charge is 2.12. The molecular formula is C15H14BrFO. The van der Waals surface area contributed by atoms with E-state index in [1.807, 2.05) is 32.0 Å². The van der Waals surface area contributed by atoms with Gasteiger partial charge in [-0.15, -0.1) is 0 Å². The summed E-state index contributed by atoms with van der Waals surface area (Å²) in [7, 11) is 0. The number of aliphatic hydroxyl groups is 1. The highest BCUT2D eigenvalue weighted by molar-refractivity contribution is 9.10. The molecule has 2 rings (SSSR count). The van der Waals surface area contributed by atoms with Gasteiger partial charge in [0.2, 0.25) is 0 Å². The molecule has 0 aliphatic heterocycles. The van der Waals surface area contributed by atoms with Gasteiger partial charge in [-0.05, 0) is 54.3 Å². The number of benzene rings is 2. The van der Waals surface area contributed by atoms with E-state index >= 15 is 0 Å². The Morgan fingerprint density at radius 2 is 1.78 bits per heavy atom. The molecule has 94 valence electrons. The van der Waals surface area contributed by atoms with Crippen molar-refractivity contribution in [2.24, 2.45) is 0 Å². The van der Waals surface area contributed by atoms with E-state index in [1.165, 1.54) is 12.1 Å². The van der Waals surface area contributed by atoms with Crippen LogP contribution < -0.4 is 0 Å². The predicted octanol–water partition coefficient (Wildman–Crippen LogP) is 4.29. The second-order valence-corrected chi connectivity index (χ2v) is 5.33. The van der Waals surface area contributed by atoms with Crippen LogP contribution >= 0.6 is 15.9 Å². The number of aliphatic hydroxyl groups excluding tert-OH is 1. The summed E-state index contributed by atoms with van der Waals surface area (Å²) in [6, 6.07) is 10.2. The van der Waals surface area contributed by atoms with Crippen molar-refractivity contribution in [2.75, 3.05) is 0 Å². The molecule has 0 amide bonds. The van der Waals surface area contributed by atoms with Crippen molar-refractivity contribution in [1.82, 2.24) is 0 Å². The van der Waals surface area contributed by atoms with E-state index in [0.29, 0.717) is 5.56 Å². The fourth-order valence-electron chi connectivity index (χ4n) is 1.95. The lowest BCUT2D eigenvalue weighted by Gasteiger charge is -2.13. The van der Waals surface area contributed by atoms with Crippen molar-refractivity contribution >= 4 is 15.9 Å². The first-order valence-corrected chi connectivity index (χ1v) is 6.48. The first-order valence-electron chi connectivity index (χ1n) is 5.68. The smallest absolute Gasteiger partial charge is 0.123 e. The first-order chi connectivity index (χ1) is 8.47. The molecule has 1 N–H and O–H groups in total. The molecule has 0 heterocycles. The minimum atomic E-state index is -0.800. The van der Waals surface area contributed by atoms with Crippen molar-refractivity contribution in [3.63, 3.8) is 0 Å². The summed E-state index contributed by atoms with van der Waals surface area (Å²) in [6.07, 6.45) is -0.800.